The molecule has 6 nitrogen and oxygen atoms in total. The summed E-state index contributed by atoms with van der Waals surface area (Å²) in [5.41, 5.74) is 1.44. The van der Waals surface area contributed by atoms with E-state index in [2.05, 4.69) is 41.7 Å². The van der Waals surface area contributed by atoms with E-state index in [0.717, 1.165) is 16.7 Å². The van der Waals surface area contributed by atoms with Crippen molar-refractivity contribution in [1.29, 1.82) is 0 Å². The van der Waals surface area contributed by atoms with Gasteiger partial charge in [0.1, 0.15) is 11.7 Å². The minimum Gasteiger partial charge on any atom is -0.466 e. The predicted octanol–water partition coefficient (Wildman–Crippen LogP) is 3.92. The van der Waals surface area contributed by atoms with Crippen LogP contribution in [0.1, 0.15) is 16.7 Å². The molecule has 5 rings (SSSR count). The lowest BCUT2D eigenvalue weighted by Gasteiger charge is -2.40. The number of fused-ring (bicyclic) bond motifs is 2. The van der Waals surface area contributed by atoms with Crippen molar-refractivity contribution in [3.8, 4) is 0 Å². The minimum absolute atomic E-state index is 0.167. The number of carbonyl (C=O) groups is 2. The smallest absolute Gasteiger partial charge is 0.337 e. The lowest BCUT2D eigenvalue weighted by atomic mass is 9.76. The average Bonchev–Trinajstić information content (AvgIpc) is 3.51. The third kappa shape index (κ3) is 3.75. The molecule has 182 valence electrons. The molecule has 3 aromatic carbocycles. The number of nitrogens with one attached hydrogen (secondary N) is 1. The van der Waals surface area contributed by atoms with Crippen molar-refractivity contribution in [3.05, 3.63) is 131 Å². The van der Waals surface area contributed by atoms with Crippen LogP contribution in [0.25, 0.3) is 0 Å². The molecule has 2 atom stereocenters. The Morgan fingerprint density at radius 2 is 1.28 bits per heavy atom. The highest BCUT2D eigenvalue weighted by Gasteiger charge is 2.55. The first kappa shape index (κ1) is 23.7. The summed E-state index contributed by atoms with van der Waals surface area (Å²) < 4.78 is 16.3. The minimum atomic E-state index is -1.19. The summed E-state index contributed by atoms with van der Waals surface area (Å²) in [5.74, 6) is -1.22. The third-order valence-electron chi connectivity index (χ3n) is 6.89. The zero-order valence-electron chi connectivity index (χ0n) is 20.1. The standard InChI is InChI=1S/C30H27NO5/c1-34-27(32)25-24-18-19-29(36-24,26(25)28(33)35-2)20-31-30(21-12-6-3-7-13-21,22-14-8-4-9-15-22)23-16-10-5-11-17-23/h3-19,24,31H,20H2,1-2H3/t24-,29-/m0/s1. The molecule has 0 saturated heterocycles. The van der Waals surface area contributed by atoms with Gasteiger partial charge in [-0.15, -0.1) is 0 Å². The molecule has 36 heavy (non-hydrogen) atoms. The van der Waals surface area contributed by atoms with Crippen LogP contribution in [0, 0.1) is 0 Å². The fourth-order valence-electron chi connectivity index (χ4n) is 5.25. The molecule has 6 heteroatoms. The molecule has 3 aromatic rings. The van der Waals surface area contributed by atoms with E-state index in [1.807, 2.05) is 60.7 Å². The maximum atomic E-state index is 12.9. The Labute approximate surface area is 210 Å². The normalized spacial score (nSPS) is 20.4. The highest BCUT2D eigenvalue weighted by Crippen LogP contribution is 2.45. The van der Waals surface area contributed by atoms with Crippen LogP contribution >= 0.6 is 0 Å². The largest absolute Gasteiger partial charge is 0.466 e. The fraction of sp³-hybridized carbons (Fsp3) is 0.200. The number of rotatable bonds is 8. The number of ether oxygens (including phenoxy) is 3. The molecule has 0 radical (unpaired) electrons. The van der Waals surface area contributed by atoms with E-state index in [0.29, 0.717) is 0 Å². The highest BCUT2D eigenvalue weighted by atomic mass is 16.6. The SMILES string of the molecule is COC(=O)C1=C(C(=O)OC)[C@@]2(CNC(c3ccccc3)(c3ccccc3)c3ccccc3)C=C[C@@H]1O2. The van der Waals surface area contributed by atoms with Gasteiger partial charge in [0.2, 0.25) is 0 Å². The zero-order valence-corrected chi connectivity index (χ0v) is 20.1. The van der Waals surface area contributed by atoms with Crippen molar-refractivity contribution in [1.82, 2.24) is 5.32 Å². The van der Waals surface area contributed by atoms with Gasteiger partial charge in [0.05, 0.1) is 30.9 Å². The lowest BCUT2D eigenvalue weighted by Crippen LogP contribution is -2.52. The number of carbonyl (C=O) groups excluding carboxylic acids is 2. The Bertz CT molecular complexity index is 1220. The average molecular weight is 482 g/mol. The van der Waals surface area contributed by atoms with Crippen LogP contribution in [0.2, 0.25) is 0 Å². The summed E-state index contributed by atoms with van der Waals surface area (Å²) in [4.78, 5) is 25.6. The second-order valence-electron chi connectivity index (χ2n) is 8.76. The van der Waals surface area contributed by atoms with Crippen molar-refractivity contribution in [2.45, 2.75) is 17.2 Å². The van der Waals surface area contributed by atoms with Gasteiger partial charge in [0, 0.05) is 6.54 Å². The first-order valence-electron chi connectivity index (χ1n) is 11.8. The number of methoxy groups -OCH3 is 2. The zero-order chi connectivity index (χ0) is 25.2. The topological polar surface area (TPSA) is 73.9 Å². The van der Waals surface area contributed by atoms with Gasteiger partial charge >= 0.3 is 11.9 Å². The van der Waals surface area contributed by atoms with Crippen molar-refractivity contribution >= 4 is 11.9 Å². The third-order valence-corrected chi connectivity index (χ3v) is 6.89. The van der Waals surface area contributed by atoms with Gasteiger partial charge in [0.15, 0.2) is 0 Å². The summed E-state index contributed by atoms with van der Waals surface area (Å²) in [6.07, 6.45) is 2.94. The van der Waals surface area contributed by atoms with Crippen molar-refractivity contribution < 1.29 is 23.8 Å². The maximum Gasteiger partial charge on any atom is 0.337 e. The second-order valence-corrected chi connectivity index (χ2v) is 8.76. The summed E-state index contributed by atoms with van der Waals surface area (Å²) in [6, 6.07) is 30.4. The summed E-state index contributed by atoms with van der Waals surface area (Å²) in [7, 11) is 2.58. The van der Waals surface area contributed by atoms with Crippen LogP contribution in [0.3, 0.4) is 0 Å². The van der Waals surface area contributed by atoms with E-state index in [1.165, 1.54) is 14.2 Å². The van der Waals surface area contributed by atoms with Crippen LogP contribution in [0.4, 0.5) is 0 Å². The first-order chi connectivity index (χ1) is 17.6. The van der Waals surface area contributed by atoms with Gasteiger partial charge in [-0.2, -0.15) is 0 Å². The van der Waals surface area contributed by atoms with E-state index in [9.17, 15) is 9.59 Å². The second kappa shape index (κ2) is 9.57. The molecule has 0 saturated carbocycles. The molecule has 0 amide bonds. The molecule has 1 N–H and O–H groups in total. The van der Waals surface area contributed by atoms with Crippen LogP contribution in [0.5, 0.6) is 0 Å². The Balaban J connectivity index is 1.66. The Kier molecular flexibility index (Phi) is 6.31. The van der Waals surface area contributed by atoms with Crippen LogP contribution in [-0.4, -0.2) is 44.4 Å². The molecule has 0 aromatic heterocycles. The molecular weight excluding hydrogens is 454 g/mol. The molecule has 2 heterocycles. The Morgan fingerprint density at radius 1 is 0.806 bits per heavy atom. The maximum absolute atomic E-state index is 12.9. The van der Waals surface area contributed by atoms with E-state index in [4.69, 9.17) is 14.2 Å². The molecule has 0 fully saturated rings. The molecule has 2 aliphatic rings. The first-order valence-corrected chi connectivity index (χ1v) is 11.8. The Morgan fingerprint density at radius 3 is 1.72 bits per heavy atom. The van der Waals surface area contributed by atoms with E-state index < -0.39 is 29.2 Å². The van der Waals surface area contributed by atoms with Crippen LogP contribution < -0.4 is 5.32 Å². The Hall–Kier alpha value is -4.00. The number of esters is 2. The molecule has 2 aliphatic heterocycles. The summed E-state index contributed by atoms with van der Waals surface area (Å²) in [5, 5.41) is 3.76. The molecule has 0 spiro atoms. The molecule has 0 unspecified atom stereocenters. The van der Waals surface area contributed by atoms with E-state index >= 15 is 0 Å². The van der Waals surface area contributed by atoms with Gasteiger partial charge in [-0.25, -0.2) is 9.59 Å². The van der Waals surface area contributed by atoms with Gasteiger partial charge < -0.3 is 14.2 Å². The lowest BCUT2D eigenvalue weighted by molar-refractivity contribution is -0.139. The predicted molar refractivity (Wildman–Crippen MR) is 135 cm³/mol. The molecular formula is C30H27NO5. The molecule has 2 bridgehead atoms. The van der Waals surface area contributed by atoms with Crippen LogP contribution in [0.15, 0.2) is 114 Å². The van der Waals surface area contributed by atoms with Gasteiger partial charge in [-0.05, 0) is 22.8 Å². The quantitative estimate of drug-likeness (QED) is 0.299. The van der Waals surface area contributed by atoms with E-state index in [-0.39, 0.29) is 17.7 Å². The summed E-state index contributed by atoms with van der Waals surface area (Å²) >= 11 is 0. The summed E-state index contributed by atoms with van der Waals surface area (Å²) in [6.45, 7) is 0.198. The van der Waals surface area contributed by atoms with Crippen molar-refractivity contribution in [2.24, 2.45) is 0 Å². The van der Waals surface area contributed by atoms with Crippen molar-refractivity contribution in [3.63, 3.8) is 0 Å². The van der Waals surface area contributed by atoms with E-state index in [1.54, 1.807) is 6.08 Å². The highest BCUT2D eigenvalue weighted by molar-refractivity contribution is 6.05. The number of hydrogen-bond donors (Lipinski definition) is 1. The molecule has 0 aliphatic carbocycles. The van der Waals surface area contributed by atoms with Gasteiger partial charge in [0.25, 0.3) is 0 Å². The van der Waals surface area contributed by atoms with Crippen LogP contribution in [-0.2, 0) is 29.3 Å². The monoisotopic (exact) mass is 481 g/mol. The number of benzene rings is 3. The number of hydrogen-bond acceptors (Lipinski definition) is 6. The van der Waals surface area contributed by atoms with Crippen molar-refractivity contribution in [2.75, 3.05) is 20.8 Å². The van der Waals surface area contributed by atoms with Gasteiger partial charge in [-0.1, -0.05) is 97.1 Å². The fourth-order valence-corrected chi connectivity index (χ4v) is 5.25. The van der Waals surface area contributed by atoms with Gasteiger partial charge in [-0.3, -0.25) is 5.32 Å².